The average Bonchev–Trinajstić information content (AvgIpc) is 2.39. The van der Waals surface area contributed by atoms with Gasteiger partial charge in [0.05, 0.1) is 12.1 Å². The summed E-state index contributed by atoms with van der Waals surface area (Å²) in [6, 6.07) is 16.3. The number of ether oxygens (including phenoxy) is 1. The van der Waals surface area contributed by atoms with Crippen molar-refractivity contribution in [1.29, 1.82) is 0 Å². The van der Waals surface area contributed by atoms with Gasteiger partial charge in [-0.3, -0.25) is 0 Å². The molecule has 0 saturated carbocycles. The highest BCUT2D eigenvalue weighted by Gasteiger charge is 2.08. The average molecular weight is 255 g/mol. The van der Waals surface area contributed by atoms with Gasteiger partial charge in [0.2, 0.25) is 0 Å². The van der Waals surface area contributed by atoms with E-state index < -0.39 is 0 Å². The van der Waals surface area contributed by atoms with E-state index in [0.29, 0.717) is 0 Å². The van der Waals surface area contributed by atoms with E-state index in [1.54, 1.807) is 0 Å². The highest BCUT2D eigenvalue weighted by atomic mass is 16.5. The summed E-state index contributed by atoms with van der Waals surface area (Å²) in [6.45, 7) is 6.12. The molecule has 2 aromatic carbocycles. The summed E-state index contributed by atoms with van der Waals surface area (Å²) in [5, 5.41) is 0. The largest absolute Gasteiger partial charge is 0.491 e. The van der Waals surface area contributed by atoms with Crippen molar-refractivity contribution in [2.45, 2.75) is 32.9 Å². The van der Waals surface area contributed by atoms with Gasteiger partial charge in [0.15, 0.2) is 0 Å². The summed E-state index contributed by atoms with van der Waals surface area (Å²) < 4.78 is 5.63. The Morgan fingerprint density at radius 2 is 1.32 bits per heavy atom. The SMILES string of the molecule is Cc1ccc(C(N)c2ccc(OC(C)C)cc2)cc1. The van der Waals surface area contributed by atoms with Crippen LogP contribution in [0.15, 0.2) is 48.5 Å². The Labute approximate surface area is 115 Å². The van der Waals surface area contributed by atoms with Gasteiger partial charge in [-0.15, -0.1) is 0 Å². The third kappa shape index (κ3) is 3.58. The minimum atomic E-state index is -0.0892. The molecule has 0 aromatic heterocycles. The molecule has 19 heavy (non-hydrogen) atoms. The molecular weight excluding hydrogens is 234 g/mol. The molecule has 0 aliphatic heterocycles. The van der Waals surface area contributed by atoms with Gasteiger partial charge < -0.3 is 10.5 Å². The summed E-state index contributed by atoms with van der Waals surface area (Å²) in [5.74, 6) is 0.884. The van der Waals surface area contributed by atoms with Gasteiger partial charge in [0.1, 0.15) is 5.75 Å². The van der Waals surface area contributed by atoms with Crippen molar-refractivity contribution in [3.63, 3.8) is 0 Å². The first-order valence-corrected chi connectivity index (χ1v) is 6.65. The van der Waals surface area contributed by atoms with Crippen LogP contribution in [0.25, 0.3) is 0 Å². The first kappa shape index (κ1) is 13.6. The monoisotopic (exact) mass is 255 g/mol. The summed E-state index contributed by atoms with van der Waals surface area (Å²) in [4.78, 5) is 0. The number of aryl methyl sites for hydroxylation is 1. The molecule has 2 N–H and O–H groups in total. The summed E-state index contributed by atoms with van der Waals surface area (Å²) >= 11 is 0. The number of hydrogen-bond donors (Lipinski definition) is 1. The van der Waals surface area contributed by atoms with Crippen molar-refractivity contribution in [2.24, 2.45) is 5.73 Å². The van der Waals surface area contributed by atoms with E-state index >= 15 is 0 Å². The van der Waals surface area contributed by atoms with E-state index in [4.69, 9.17) is 10.5 Å². The predicted molar refractivity (Wildman–Crippen MR) is 79.4 cm³/mol. The van der Waals surface area contributed by atoms with Crippen LogP contribution in [0, 0.1) is 6.92 Å². The Hall–Kier alpha value is -1.80. The summed E-state index contributed by atoms with van der Waals surface area (Å²) in [5.41, 5.74) is 9.75. The molecule has 0 amide bonds. The number of nitrogens with two attached hydrogens (primary N) is 1. The van der Waals surface area contributed by atoms with Gasteiger partial charge in [0, 0.05) is 0 Å². The van der Waals surface area contributed by atoms with Crippen molar-refractivity contribution in [3.05, 3.63) is 65.2 Å². The molecular formula is C17H21NO. The molecule has 2 aromatic rings. The molecule has 1 atom stereocenters. The Kier molecular flexibility index (Phi) is 4.23. The van der Waals surface area contributed by atoms with E-state index in [-0.39, 0.29) is 12.1 Å². The fourth-order valence-electron chi connectivity index (χ4n) is 1.99. The second-order valence-corrected chi connectivity index (χ2v) is 5.12. The molecule has 2 nitrogen and oxygen atoms in total. The zero-order chi connectivity index (χ0) is 13.8. The zero-order valence-corrected chi connectivity index (χ0v) is 11.8. The van der Waals surface area contributed by atoms with E-state index in [9.17, 15) is 0 Å². The van der Waals surface area contributed by atoms with Crippen LogP contribution in [0.2, 0.25) is 0 Å². The second-order valence-electron chi connectivity index (χ2n) is 5.12. The Bertz CT molecular complexity index is 514. The molecule has 0 bridgehead atoms. The molecule has 2 heteroatoms. The van der Waals surface area contributed by atoms with Gasteiger partial charge in [-0.25, -0.2) is 0 Å². The van der Waals surface area contributed by atoms with Crippen molar-refractivity contribution >= 4 is 0 Å². The molecule has 0 saturated heterocycles. The van der Waals surface area contributed by atoms with Gasteiger partial charge in [0.25, 0.3) is 0 Å². The maximum atomic E-state index is 6.28. The summed E-state index contributed by atoms with van der Waals surface area (Å²) in [7, 11) is 0. The van der Waals surface area contributed by atoms with Gasteiger partial charge in [-0.05, 0) is 44.0 Å². The Morgan fingerprint density at radius 1 is 0.842 bits per heavy atom. The fraction of sp³-hybridized carbons (Fsp3) is 0.294. The smallest absolute Gasteiger partial charge is 0.119 e. The zero-order valence-electron chi connectivity index (χ0n) is 11.8. The van der Waals surface area contributed by atoms with Crippen LogP contribution in [0.5, 0.6) is 5.75 Å². The van der Waals surface area contributed by atoms with E-state index in [0.717, 1.165) is 16.9 Å². The van der Waals surface area contributed by atoms with Crippen molar-refractivity contribution in [3.8, 4) is 5.75 Å². The topological polar surface area (TPSA) is 35.2 Å². The van der Waals surface area contributed by atoms with Gasteiger partial charge in [-0.1, -0.05) is 42.0 Å². The van der Waals surface area contributed by atoms with E-state index in [2.05, 4.69) is 31.2 Å². The van der Waals surface area contributed by atoms with Crippen LogP contribution in [-0.4, -0.2) is 6.10 Å². The van der Waals surface area contributed by atoms with Crippen LogP contribution < -0.4 is 10.5 Å². The van der Waals surface area contributed by atoms with Crippen molar-refractivity contribution < 1.29 is 4.74 Å². The van der Waals surface area contributed by atoms with Crippen molar-refractivity contribution in [1.82, 2.24) is 0 Å². The Morgan fingerprint density at radius 3 is 1.79 bits per heavy atom. The third-order valence-electron chi connectivity index (χ3n) is 3.05. The lowest BCUT2D eigenvalue weighted by Gasteiger charge is -2.14. The van der Waals surface area contributed by atoms with Crippen LogP contribution in [-0.2, 0) is 0 Å². The molecule has 0 spiro atoms. The van der Waals surface area contributed by atoms with E-state index in [1.807, 2.05) is 38.1 Å². The van der Waals surface area contributed by atoms with Crippen LogP contribution in [0.4, 0.5) is 0 Å². The second kappa shape index (κ2) is 5.89. The fourth-order valence-corrected chi connectivity index (χ4v) is 1.99. The molecule has 0 radical (unpaired) electrons. The highest BCUT2D eigenvalue weighted by Crippen LogP contribution is 2.22. The first-order chi connectivity index (χ1) is 9.06. The highest BCUT2D eigenvalue weighted by molar-refractivity contribution is 5.36. The molecule has 0 fully saturated rings. The number of hydrogen-bond acceptors (Lipinski definition) is 2. The molecule has 2 rings (SSSR count). The molecule has 1 unspecified atom stereocenters. The quantitative estimate of drug-likeness (QED) is 0.901. The summed E-state index contributed by atoms with van der Waals surface area (Å²) in [6.07, 6.45) is 0.191. The van der Waals surface area contributed by atoms with Gasteiger partial charge in [-0.2, -0.15) is 0 Å². The minimum absolute atomic E-state index is 0.0892. The third-order valence-corrected chi connectivity index (χ3v) is 3.05. The normalized spacial score (nSPS) is 12.5. The lowest BCUT2D eigenvalue weighted by atomic mass is 9.99. The van der Waals surface area contributed by atoms with Gasteiger partial charge >= 0.3 is 0 Å². The molecule has 0 heterocycles. The Balaban J connectivity index is 2.15. The maximum Gasteiger partial charge on any atom is 0.119 e. The molecule has 100 valence electrons. The van der Waals surface area contributed by atoms with Crippen LogP contribution in [0.3, 0.4) is 0 Å². The lowest BCUT2D eigenvalue weighted by Crippen LogP contribution is -2.12. The van der Waals surface area contributed by atoms with E-state index in [1.165, 1.54) is 5.56 Å². The lowest BCUT2D eigenvalue weighted by molar-refractivity contribution is 0.242. The van der Waals surface area contributed by atoms with Crippen LogP contribution >= 0.6 is 0 Å². The van der Waals surface area contributed by atoms with Crippen LogP contribution in [0.1, 0.15) is 36.6 Å². The molecule has 0 aliphatic rings. The molecule has 0 aliphatic carbocycles. The maximum absolute atomic E-state index is 6.28. The predicted octanol–water partition coefficient (Wildman–Crippen LogP) is 3.83. The van der Waals surface area contributed by atoms with Crippen molar-refractivity contribution in [2.75, 3.05) is 0 Å². The first-order valence-electron chi connectivity index (χ1n) is 6.65. The standard InChI is InChI=1S/C17H21NO/c1-12(2)19-16-10-8-15(9-11-16)17(18)14-6-4-13(3)5-7-14/h4-12,17H,18H2,1-3H3. The number of rotatable bonds is 4. The number of benzene rings is 2. The minimum Gasteiger partial charge on any atom is -0.491 e.